The molecule has 11 nitrogen and oxygen atoms in total. The molecule has 2 fully saturated rings. The van der Waals surface area contributed by atoms with Gasteiger partial charge in [0.15, 0.2) is 0 Å². The molecule has 3 aliphatic heterocycles. The second-order valence-corrected chi connectivity index (χ2v) is 12.4. The van der Waals surface area contributed by atoms with E-state index >= 15 is 0 Å². The first kappa shape index (κ1) is 29.6. The van der Waals surface area contributed by atoms with Gasteiger partial charge in [-0.25, -0.2) is 9.00 Å². The van der Waals surface area contributed by atoms with Gasteiger partial charge in [-0.1, -0.05) is 31.9 Å². The molecule has 5 rings (SSSR count). The van der Waals surface area contributed by atoms with Gasteiger partial charge < -0.3 is 19.6 Å². The minimum Gasteiger partial charge on any atom is -0.456 e. The van der Waals surface area contributed by atoms with Gasteiger partial charge in [0.1, 0.15) is 12.3 Å². The molecule has 0 aliphatic carbocycles. The van der Waals surface area contributed by atoms with Crippen molar-refractivity contribution in [2.45, 2.75) is 63.2 Å². The number of rotatable bonds is 8. The number of fused-ring (bicyclic) bond motifs is 1. The van der Waals surface area contributed by atoms with Crippen molar-refractivity contribution in [3.8, 4) is 0 Å². The van der Waals surface area contributed by atoms with Crippen LogP contribution >= 0.6 is 0 Å². The van der Waals surface area contributed by atoms with Crippen molar-refractivity contribution < 1.29 is 33.4 Å². The van der Waals surface area contributed by atoms with Crippen molar-refractivity contribution in [2.24, 2.45) is 11.8 Å². The Kier molecular flexibility index (Phi) is 8.55. The van der Waals surface area contributed by atoms with E-state index in [4.69, 9.17) is 4.74 Å². The Bertz CT molecular complexity index is 1460. The molecule has 0 spiro atoms. The standard InChI is InChI=1S/C30H33N3O8S/c1-18-25-24(19(2)34)29(36)32(25)26(30(37)41-17-20-11-13-21(14-12-20)33(38)39)27(18)42(40)23-10-6-5-9-22(23)28(35)31-15-7-3-4-8-16-31/h5-6,9-14,18-19,24-25,34H,3-4,7-8,15-17H2,1-2H3/t18?,19?,24?,25-,42?/m1/s1. The minimum atomic E-state index is -2.00. The average molecular weight is 596 g/mol. The normalized spacial score (nSPS) is 23.5. The summed E-state index contributed by atoms with van der Waals surface area (Å²) in [5.41, 5.74) is 0.516. The lowest BCUT2D eigenvalue weighted by Gasteiger charge is -2.46. The molecule has 12 heteroatoms. The summed E-state index contributed by atoms with van der Waals surface area (Å²) in [6.07, 6.45) is 2.89. The van der Waals surface area contributed by atoms with E-state index in [0.717, 1.165) is 25.7 Å². The molecule has 42 heavy (non-hydrogen) atoms. The predicted octanol–water partition coefficient (Wildman–Crippen LogP) is 3.53. The smallest absolute Gasteiger partial charge is 0.356 e. The number of nitrogens with zero attached hydrogens (tertiary/aromatic N) is 3. The van der Waals surface area contributed by atoms with Gasteiger partial charge in [-0.05, 0) is 49.6 Å². The van der Waals surface area contributed by atoms with Gasteiger partial charge in [-0.2, -0.15) is 0 Å². The molecule has 2 amide bonds. The molecular formula is C30H33N3O8S. The number of esters is 1. The van der Waals surface area contributed by atoms with E-state index in [1.165, 1.54) is 36.1 Å². The Hall–Kier alpha value is -3.90. The summed E-state index contributed by atoms with van der Waals surface area (Å²) in [5.74, 6) is -2.91. The maximum Gasteiger partial charge on any atom is 0.356 e. The Balaban J connectivity index is 1.49. The van der Waals surface area contributed by atoms with Crippen LogP contribution in [0.15, 0.2) is 64.0 Å². The van der Waals surface area contributed by atoms with E-state index in [1.54, 1.807) is 36.1 Å². The van der Waals surface area contributed by atoms with Crippen molar-refractivity contribution in [2.75, 3.05) is 13.1 Å². The van der Waals surface area contributed by atoms with E-state index in [-0.39, 0.29) is 39.3 Å². The van der Waals surface area contributed by atoms with Gasteiger partial charge >= 0.3 is 5.97 Å². The Labute approximate surface area is 245 Å². The largest absolute Gasteiger partial charge is 0.456 e. The number of non-ortho nitro benzene ring substituents is 1. The molecule has 2 saturated heterocycles. The van der Waals surface area contributed by atoms with Crippen LogP contribution in [0.5, 0.6) is 0 Å². The van der Waals surface area contributed by atoms with Crippen molar-refractivity contribution in [3.05, 3.63) is 80.4 Å². The molecule has 0 aromatic heterocycles. The van der Waals surface area contributed by atoms with Crippen LogP contribution in [0.25, 0.3) is 0 Å². The van der Waals surface area contributed by atoms with Gasteiger partial charge in [0, 0.05) is 31.1 Å². The number of β-lactam (4-membered cyclic amide) rings is 1. The summed E-state index contributed by atoms with van der Waals surface area (Å²) in [6, 6.07) is 11.5. The topological polar surface area (TPSA) is 147 Å². The third-order valence-corrected chi connectivity index (χ3v) is 9.95. The molecule has 1 N–H and O–H groups in total. The number of ether oxygens (including phenoxy) is 1. The fraction of sp³-hybridized carbons (Fsp3) is 0.433. The lowest BCUT2D eigenvalue weighted by molar-refractivity contribution is -0.384. The molecular weight excluding hydrogens is 562 g/mol. The summed E-state index contributed by atoms with van der Waals surface area (Å²) in [5, 5.41) is 21.3. The van der Waals surface area contributed by atoms with Gasteiger partial charge in [0.25, 0.3) is 11.6 Å². The highest BCUT2D eigenvalue weighted by Gasteiger charge is 2.61. The molecule has 3 aliphatic rings. The molecule has 0 bridgehead atoms. The summed E-state index contributed by atoms with van der Waals surface area (Å²) in [4.78, 5) is 54.1. The third kappa shape index (κ3) is 5.36. The number of aliphatic hydroxyl groups excluding tert-OH is 1. The van der Waals surface area contributed by atoms with Crippen LogP contribution in [0.3, 0.4) is 0 Å². The highest BCUT2D eigenvalue weighted by Crippen LogP contribution is 2.49. The Morgan fingerprint density at radius 2 is 1.74 bits per heavy atom. The molecule has 2 aromatic carbocycles. The zero-order valence-corrected chi connectivity index (χ0v) is 24.2. The number of likely N-dealkylation sites (tertiary alicyclic amines) is 1. The average Bonchev–Trinajstić information content (AvgIpc) is 3.11. The Morgan fingerprint density at radius 1 is 1.10 bits per heavy atom. The first-order chi connectivity index (χ1) is 20.1. The number of aliphatic hydroxyl groups is 1. The van der Waals surface area contributed by atoms with Crippen LogP contribution in [-0.4, -0.2) is 67.1 Å². The number of nitro groups is 1. The fourth-order valence-corrected chi connectivity index (χ4v) is 7.69. The minimum absolute atomic E-state index is 0.110. The number of nitro benzene ring substituents is 1. The molecule has 0 radical (unpaired) electrons. The molecule has 3 heterocycles. The molecule has 0 saturated carbocycles. The van der Waals surface area contributed by atoms with E-state index < -0.39 is 51.6 Å². The number of hydrogen-bond donors (Lipinski definition) is 1. The molecule has 4 unspecified atom stereocenters. The van der Waals surface area contributed by atoms with Crippen LogP contribution in [-0.2, 0) is 31.7 Å². The van der Waals surface area contributed by atoms with Crippen molar-refractivity contribution >= 4 is 34.3 Å². The second-order valence-electron chi connectivity index (χ2n) is 10.9. The number of carbonyl (C=O) groups excluding carboxylic acids is 3. The molecule has 5 atom stereocenters. The van der Waals surface area contributed by atoms with Crippen molar-refractivity contribution in [1.29, 1.82) is 0 Å². The van der Waals surface area contributed by atoms with Gasteiger partial charge in [-0.15, -0.1) is 0 Å². The number of amides is 2. The van der Waals surface area contributed by atoms with Gasteiger partial charge in [0.2, 0.25) is 5.91 Å². The molecule has 2 aromatic rings. The fourth-order valence-electron chi connectivity index (χ4n) is 6.06. The van der Waals surface area contributed by atoms with E-state index in [2.05, 4.69) is 0 Å². The van der Waals surface area contributed by atoms with Crippen molar-refractivity contribution in [3.63, 3.8) is 0 Å². The lowest BCUT2D eigenvalue weighted by Crippen LogP contribution is -2.63. The summed E-state index contributed by atoms with van der Waals surface area (Å²) < 4.78 is 19.9. The van der Waals surface area contributed by atoms with E-state index in [1.807, 2.05) is 0 Å². The summed E-state index contributed by atoms with van der Waals surface area (Å²) >= 11 is 0. The maximum absolute atomic E-state index is 14.3. The number of carbonyl (C=O) groups is 3. The summed E-state index contributed by atoms with van der Waals surface area (Å²) in [7, 11) is -2.00. The lowest BCUT2D eigenvalue weighted by atomic mass is 9.79. The van der Waals surface area contributed by atoms with Crippen LogP contribution in [0, 0.1) is 22.0 Å². The number of benzene rings is 2. The first-order valence-electron chi connectivity index (χ1n) is 14.1. The van der Waals surface area contributed by atoms with E-state index in [0.29, 0.717) is 18.7 Å². The quantitative estimate of drug-likeness (QED) is 0.211. The van der Waals surface area contributed by atoms with Crippen molar-refractivity contribution in [1.82, 2.24) is 9.80 Å². The van der Waals surface area contributed by atoms with Crippen LogP contribution in [0.4, 0.5) is 5.69 Å². The zero-order chi connectivity index (χ0) is 30.1. The van der Waals surface area contributed by atoms with Crippen LogP contribution < -0.4 is 0 Å². The van der Waals surface area contributed by atoms with Gasteiger partial charge in [-0.3, -0.25) is 19.7 Å². The second kappa shape index (κ2) is 12.1. The Morgan fingerprint density at radius 3 is 2.36 bits per heavy atom. The maximum atomic E-state index is 14.3. The first-order valence-corrected chi connectivity index (χ1v) is 15.2. The molecule has 222 valence electrons. The summed E-state index contributed by atoms with van der Waals surface area (Å²) in [6.45, 7) is 4.25. The van der Waals surface area contributed by atoms with E-state index in [9.17, 15) is 33.8 Å². The van der Waals surface area contributed by atoms with Crippen LogP contribution in [0.2, 0.25) is 0 Å². The highest BCUT2D eigenvalue weighted by atomic mass is 32.2. The third-order valence-electron chi connectivity index (χ3n) is 8.23. The number of hydrogen-bond acceptors (Lipinski definition) is 8. The SMILES string of the molecule is CC(O)C1C(=O)N2C(C(=O)OCc3ccc([N+](=O)[O-])cc3)=C(S(=O)c3ccccc3C(=O)N3CCCCCC3)C(C)[C@H]12. The monoisotopic (exact) mass is 595 g/mol. The van der Waals surface area contributed by atoms with Gasteiger partial charge in [0.05, 0.1) is 49.2 Å². The van der Waals surface area contributed by atoms with Crippen LogP contribution in [0.1, 0.15) is 55.5 Å². The zero-order valence-electron chi connectivity index (χ0n) is 23.4. The predicted molar refractivity (Wildman–Crippen MR) is 152 cm³/mol. The highest BCUT2D eigenvalue weighted by molar-refractivity contribution is 7.89.